The SMILES string of the molecule is CCOc1cc(C=C(C#N)C(=O)OC(C)C)cc(Br)c1O. The van der Waals surface area contributed by atoms with Crippen molar-refractivity contribution >= 4 is 28.0 Å². The Bertz CT molecular complexity index is 602. The molecule has 0 aromatic heterocycles. The van der Waals surface area contributed by atoms with E-state index in [4.69, 9.17) is 14.7 Å². The van der Waals surface area contributed by atoms with Gasteiger partial charge < -0.3 is 14.6 Å². The number of nitriles is 1. The molecule has 0 saturated carbocycles. The number of hydrogen-bond acceptors (Lipinski definition) is 5. The molecule has 6 heteroatoms. The smallest absolute Gasteiger partial charge is 0.349 e. The van der Waals surface area contributed by atoms with E-state index in [2.05, 4.69) is 15.9 Å². The fraction of sp³-hybridized carbons (Fsp3) is 0.333. The molecule has 0 aliphatic carbocycles. The maximum Gasteiger partial charge on any atom is 0.349 e. The molecule has 0 unspecified atom stereocenters. The highest BCUT2D eigenvalue weighted by molar-refractivity contribution is 9.10. The van der Waals surface area contributed by atoms with E-state index in [0.29, 0.717) is 16.6 Å². The lowest BCUT2D eigenvalue weighted by Gasteiger charge is -2.09. The average Bonchev–Trinajstić information content (AvgIpc) is 2.40. The van der Waals surface area contributed by atoms with Gasteiger partial charge in [0.1, 0.15) is 11.6 Å². The van der Waals surface area contributed by atoms with Crippen molar-refractivity contribution in [2.24, 2.45) is 0 Å². The number of esters is 1. The summed E-state index contributed by atoms with van der Waals surface area (Å²) in [5.74, 6) is -0.445. The van der Waals surface area contributed by atoms with E-state index in [1.165, 1.54) is 6.08 Å². The van der Waals surface area contributed by atoms with Crippen molar-refractivity contribution in [2.45, 2.75) is 26.9 Å². The number of benzene rings is 1. The molecular formula is C15H16BrNO4. The predicted octanol–water partition coefficient (Wildman–Crippen LogP) is 3.41. The molecule has 1 rings (SSSR count). The second kappa shape index (κ2) is 7.70. The summed E-state index contributed by atoms with van der Waals surface area (Å²) in [4.78, 5) is 11.7. The van der Waals surface area contributed by atoms with Crippen molar-refractivity contribution in [2.75, 3.05) is 6.61 Å². The molecule has 0 bridgehead atoms. The third-order valence-electron chi connectivity index (χ3n) is 2.34. The van der Waals surface area contributed by atoms with Crippen LogP contribution in [0.3, 0.4) is 0 Å². The number of phenols is 1. The number of rotatable bonds is 5. The van der Waals surface area contributed by atoms with Crippen molar-refractivity contribution < 1.29 is 19.4 Å². The van der Waals surface area contributed by atoms with Gasteiger partial charge in [0, 0.05) is 0 Å². The van der Waals surface area contributed by atoms with Gasteiger partial charge in [0.05, 0.1) is 17.2 Å². The van der Waals surface area contributed by atoms with E-state index < -0.39 is 5.97 Å². The molecule has 0 aliphatic rings. The van der Waals surface area contributed by atoms with Crippen LogP contribution < -0.4 is 4.74 Å². The van der Waals surface area contributed by atoms with E-state index in [1.54, 1.807) is 32.9 Å². The summed E-state index contributed by atoms with van der Waals surface area (Å²) in [6.07, 6.45) is 1.08. The molecule has 0 amide bonds. The third kappa shape index (κ3) is 4.80. The first-order chi connectivity index (χ1) is 9.88. The molecule has 1 aromatic rings. The van der Waals surface area contributed by atoms with Crippen molar-refractivity contribution in [3.63, 3.8) is 0 Å². The van der Waals surface area contributed by atoms with Gasteiger partial charge in [0.15, 0.2) is 11.5 Å². The van der Waals surface area contributed by atoms with Crippen molar-refractivity contribution in [1.29, 1.82) is 5.26 Å². The molecule has 1 N–H and O–H groups in total. The van der Waals surface area contributed by atoms with Crippen molar-refractivity contribution in [1.82, 2.24) is 0 Å². The van der Waals surface area contributed by atoms with Crippen LogP contribution in [0.5, 0.6) is 11.5 Å². The van der Waals surface area contributed by atoms with Crippen molar-refractivity contribution in [3.8, 4) is 17.6 Å². The van der Waals surface area contributed by atoms with Gasteiger partial charge in [-0.3, -0.25) is 0 Å². The molecule has 21 heavy (non-hydrogen) atoms. The highest BCUT2D eigenvalue weighted by Gasteiger charge is 2.14. The van der Waals surface area contributed by atoms with Crippen LogP contribution in [0.1, 0.15) is 26.3 Å². The van der Waals surface area contributed by atoms with Gasteiger partial charge in [-0.05, 0) is 60.5 Å². The zero-order chi connectivity index (χ0) is 16.0. The first kappa shape index (κ1) is 17.1. The number of aromatic hydroxyl groups is 1. The Morgan fingerprint density at radius 3 is 2.71 bits per heavy atom. The molecule has 0 fully saturated rings. The van der Waals surface area contributed by atoms with E-state index in [9.17, 15) is 9.90 Å². The molecule has 5 nitrogen and oxygen atoms in total. The quantitative estimate of drug-likeness (QED) is 0.498. The van der Waals surface area contributed by atoms with Gasteiger partial charge in [0.25, 0.3) is 0 Å². The van der Waals surface area contributed by atoms with E-state index in [-0.39, 0.29) is 23.2 Å². The fourth-order valence-electron chi connectivity index (χ4n) is 1.52. The van der Waals surface area contributed by atoms with E-state index in [1.807, 2.05) is 6.07 Å². The molecule has 112 valence electrons. The molecule has 0 aliphatic heterocycles. The lowest BCUT2D eigenvalue weighted by molar-refractivity contribution is -0.142. The standard InChI is InChI=1S/C15H16BrNO4/c1-4-20-13-7-10(6-12(16)14(13)18)5-11(8-17)15(19)21-9(2)3/h5-7,9,18H,4H2,1-3H3. The summed E-state index contributed by atoms with van der Waals surface area (Å²) in [6, 6.07) is 4.94. The Kier molecular flexibility index (Phi) is 6.25. The summed E-state index contributed by atoms with van der Waals surface area (Å²) >= 11 is 3.20. The van der Waals surface area contributed by atoms with Gasteiger partial charge in [-0.2, -0.15) is 5.26 Å². The van der Waals surface area contributed by atoms with Crippen LogP contribution in [0.15, 0.2) is 22.2 Å². The predicted molar refractivity (Wildman–Crippen MR) is 81.8 cm³/mol. The minimum absolute atomic E-state index is 0.0303. The Labute approximate surface area is 131 Å². The summed E-state index contributed by atoms with van der Waals surface area (Å²) in [5.41, 5.74) is 0.420. The van der Waals surface area contributed by atoms with Crippen LogP contribution in [0.25, 0.3) is 6.08 Å². The van der Waals surface area contributed by atoms with Gasteiger partial charge in [-0.25, -0.2) is 4.79 Å². The van der Waals surface area contributed by atoms with Crippen molar-refractivity contribution in [3.05, 3.63) is 27.7 Å². The lowest BCUT2D eigenvalue weighted by Crippen LogP contribution is -2.12. The topological polar surface area (TPSA) is 79.5 Å². The molecular weight excluding hydrogens is 338 g/mol. The van der Waals surface area contributed by atoms with Crippen LogP contribution in [0.4, 0.5) is 0 Å². The molecule has 0 spiro atoms. The Morgan fingerprint density at radius 2 is 2.19 bits per heavy atom. The number of carbonyl (C=O) groups is 1. The molecule has 1 aromatic carbocycles. The Hall–Kier alpha value is -2.00. The minimum atomic E-state index is -0.686. The number of phenolic OH excluding ortho intramolecular Hbond substituents is 1. The number of nitrogens with zero attached hydrogens (tertiary/aromatic N) is 1. The van der Waals surface area contributed by atoms with Crippen LogP contribution >= 0.6 is 15.9 Å². The maximum atomic E-state index is 11.7. The van der Waals surface area contributed by atoms with Gasteiger partial charge >= 0.3 is 5.97 Å². The largest absolute Gasteiger partial charge is 0.503 e. The number of carbonyl (C=O) groups excluding carboxylic acids is 1. The third-order valence-corrected chi connectivity index (χ3v) is 2.95. The highest BCUT2D eigenvalue weighted by Crippen LogP contribution is 2.36. The summed E-state index contributed by atoms with van der Waals surface area (Å²) in [6.45, 7) is 5.58. The normalized spacial score (nSPS) is 11.1. The summed E-state index contributed by atoms with van der Waals surface area (Å²) in [5, 5.41) is 18.9. The number of halogens is 1. The van der Waals surface area contributed by atoms with Crippen LogP contribution in [-0.2, 0) is 9.53 Å². The zero-order valence-electron chi connectivity index (χ0n) is 12.0. The molecule has 0 atom stereocenters. The number of ether oxygens (including phenoxy) is 2. The summed E-state index contributed by atoms with van der Waals surface area (Å²) < 4.78 is 10.7. The minimum Gasteiger partial charge on any atom is -0.503 e. The monoisotopic (exact) mass is 353 g/mol. The molecule has 0 heterocycles. The molecule has 0 saturated heterocycles. The van der Waals surface area contributed by atoms with Crippen LogP contribution in [0, 0.1) is 11.3 Å². The zero-order valence-corrected chi connectivity index (χ0v) is 13.6. The first-order valence-corrected chi connectivity index (χ1v) is 7.16. The second-order valence-electron chi connectivity index (χ2n) is 4.41. The van der Waals surface area contributed by atoms with Gasteiger partial charge in [0.2, 0.25) is 0 Å². The maximum absolute atomic E-state index is 11.7. The molecule has 0 radical (unpaired) electrons. The summed E-state index contributed by atoms with van der Waals surface area (Å²) in [7, 11) is 0. The van der Waals surface area contributed by atoms with E-state index >= 15 is 0 Å². The Morgan fingerprint density at radius 1 is 1.52 bits per heavy atom. The highest BCUT2D eigenvalue weighted by atomic mass is 79.9. The van der Waals surface area contributed by atoms with Crippen LogP contribution in [-0.4, -0.2) is 23.8 Å². The Balaban J connectivity index is 3.17. The lowest BCUT2D eigenvalue weighted by atomic mass is 10.1. The first-order valence-electron chi connectivity index (χ1n) is 6.37. The van der Waals surface area contributed by atoms with Gasteiger partial charge in [-0.15, -0.1) is 0 Å². The van der Waals surface area contributed by atoms with Crippen LogP contribution in [0.2, 0.25) is 0 Å². The van der Waals surface area contributed by atoms with E-state index in [0.717, 1.165) is 0 Å². The average molecular weight is 354 g/mol. The van der Waals surface area contributed by atoms with Gasteiger partial charge in [-0.1, -0.05) is 0 Å². The second-order valence-corrected chi connectivity index (χ2v) is 5.26. The number of hydrogen-bond donors (Lipinski definition) is 1. The fourth-order valence-corrected chi connectivity index (χ4v) is 1.98.